The molecule has 1 aliphatic rings. The number of aromatic amines is 1. The van der Waals surface area contributed by atoms with Crippen molar-refractivity contribution in [1.29, 1.82) is 0 Å². The molecule has 4 N–H and O–H groups in total. The van der Waals surface area contributed by atoms with Gasteiger partial charge in [0.05, 0.1) is 17.4 Å². The van der Waals surface area contributed by atoms with Gasteiger partial charge in [-0.2, -0.15) is 5.10 Å². The van der Waals surface area contributed by atoms with Crippen LogP contribution in [0.2, 0.25) is 0 Å². The molecule has 6 nitrogen and oxygen atoms in total. The van der Waals surface area contributed by atoms with E-state index in [9.17, 15) is 4.79 Å². The maximum Gasteiger partial charge on any atom is 0.267 e. The summed E-state index contributed by atoms with van der Waals surface area (Å²) in [7, 11) is 0. The fourth-order valence-corrected chi connectivity index (χ4v) is 2.58. The first-order valence-corrected chi connectivity index (χ1v) is 6.45. The third-order valence-corrected chi connectivity index (χ3v) is 3.51. The van der Waals surface area contributed by atoms with Crippen molar-refractivity contribution < 1.29 is 4.79 Å². The largest absolute Gasteiger partial charge is 0.364 e. The van der Waals surface area contributed by atoms with Gasteiger partial charge >= 0.3 is 0 Å². The van der Waals surface area contributed by atoms with Gasteiger partial charge in [0.2, 0.25) is 0 Å². The minimum absolute atomic E-state index is 0.243. The number of aromatic nitrogens is 2. The number of amidine groups is 1. The maximum absolute atomic E-state index is 11.4. The second-order valence-corrected chi connectivity index (χ2v) is 4.79. The van der Waals surface area contributed by atoms with Crippen molar-refractivity contribution in [3.05, 3.63) is 53.9 Å². The Labute approximate surface area is 119 Å². The Bertz CT molecular complexity index is 904. The normalized spacial score (nSPS) is 12.9. The summed E-state index contributed by atoms with van der Waals surface area (Å²) in [6, 6.07) is 11.9. The SMILES string of the molecule is NC(=O)c1[nH]ncc1C1=Nc2cccc3cccc(c23)N1. The standard InChI is InChI=1S/C15H11N5O/c16-14(21)13-9(7-17-20-13)15-18-10-5-1-3-8-4-2-6-11(19-15)12(8)10/h1-7H,(H2,16,21)(H,17,20)(H,18,19). The maximum atomic E-state index is 11.4. The van der Waals surface area contributed by atoms with Crippen molar-refractivity contribution in [3.8, 4) is 0 Å². The van der Waals surface area contributed by atoms with Crippen molar-refractivity contribution in [2.24, 2.45) is 10.7 Å². The van der Waals surface area contributed by atoms with E-state index >= 15 is 0 Å². The Morgan fingerprint density at radius 2 is 1.95 bits per heavy atom. The van der Waals surface area contributed by atoms with Crippen LogP contribution in [0, 0.1) is 0 Å². The molecule has 0 bridgehead atoms. The highest BCUT2D eigenvalue weighted by atomic mass is 16.1. The number of primary amides is 1. The van der Waals surface area contributed by atoms with Gasteiger partial charge in [0.1, 0.15) is 11.5 Å². The molecule has 0 spiro atoms. The molecular weight excluding hydrogens is 266 g/mol. The van der Waals surface area contributed by atoms with Gasteiger partial charge in [-0.1, -0.05) is 24.3 Å². The van der Waals surface area contributed by atoms with Crippen LogP contribution in [0.25, 0.3) is 10.8 Å². The first-order chi connectivity index (χ1) is 10.2. The average molecular weight is 277 g/mol. The molecule has 0 aliphatic carbocycles. The van der Waals surface area contributed by atoms with Gasteiger partial charge in [-0.3, -0.25) is 9.89 Å². The molecular formula is C15H11N5O. The van der Waals surface area contributed by atoms with E-state index in [1.807, 2.05) is 36.4 Å². The summed E-state index contributed by atoms with van der Waals surface area (Å²) in [5.41, 5.74) is 7.96. The number of benzene rings is 2. The van der Waals surface area contributed by atoms with E-state index in [1.165, 1.54) is 0 Å². The number of hydrogen-bond acceptors (Lipinski definition) is 4. The van der Waals surface area contributed by atoms with Gasteiger partial charge < -0.3 is 11.1 Å². The van der Waals surface area contributed by atoms with Crippen LogP contribution in [-0.2, 0) is 0 Å². The van der Waals surface area contributed by atoms with Gasteiger partial charge in [0.15, 0.2) is 0 Å². The van der Waals surface area contributed by atoms with Gasteiger partial charge in [0.25, 0.3) is 5.91 Å². The number of nitrogens with one attached hydrogen (secondary N) is 2. The number of H-pyrrole nitrogens is 1. The summed E-state index contributed by atoms with van der Waals surface area (Å²) < 4.78 is 0. The van der Waals surface area contributed by atoms with E-state index in [1.54, 1.807) is 6.20 Å². The van der Waals surface area contributed by atoms with Crippen molar-refractivity contribution in [1.82, 2.24) is 10.2 Å². The molecule has 0 fully saturated rings. The second kappa shape index (κ2) is 4.17. The van der Waals surface area contributed by atoms with Crippen molar-refractivity contribution in [2.45, 2.75) is 0 Å². The van der Waals surface area contributed by atoms with E-state index < -0.39 is 5.91 Å². The summed E-state index contributed by atoms with van der Waals surface area (Å²) in [5.74, 6) is -0.00665. The van der Waals surface area contributed by atoms with Crippen LogP contribution in [-0.4, -0.2) is 21.9 Å². The van der Waals surface area contributed by atoms with Crippen LogP contribution in [0.5, 0.6) is 0 Å². The molecule has 0 saturated heterocycles. The van der Waals surface area contributed by atoms with E-state index in [-0.39, 0.29) is 5.69 Å². The molecule has 21 heavy (non-hydrogen) atoms. The molecule has 1 aromatic heterocycles. The van der Waals surface area contributed by atoms with Crippen LogP contribution in [0.15, 0.2) is 47.6 Å². The Balaban J connectivity index is 1.94. The molecule has 102 valence electrons. The molecule has 0 saturated carbocycles. The highest BCUT2D eigenvalue weighted by Gasteiger charge is 2.20. The highest BCUT2D eigenvalue weighted by molar-refractivity contribution is 6.21. The zero-order chi connectivity index (χ0) is 14.4. The van der Waals surface area contributed by atoms with Gasteiger partial charge in [-0.05, 0) is 17.5 Å². The lowest BCUT2D eigenvalue weighted by Crippen LogP contribution is -2.21. The van der Waals surface area contributed by atoms with Crippen molar-refractivity contribution in [3.63, 3.8) is 0 Å². The predicted molar refractivity (Wildman–Crippen MR) is 80.9 cm³/mol. The summed E-state index contributed by atoms with van der Waals surface area (Å²) in [5, 5.41) is 11.9. The number of nitrogens with zero attached hydrogens (tertiary/aromatic N) is 2. The predicted octanol–water partition coefficient (Wildman–Crippen LogP) is 2.17. The van der Waals surface area contributed by atoms with Crippen LogP contribution in [0.3, 0.4) is 0 Å². The summed E-state index contributed by atoms with van der Waals surface area (Å²) >= 11 is 0. The lowest BCUT2D eigenvalue weighted by atomic mass is 10.0. The van der Waals surface area contributed by atoms with E-state index in [0.717, 1.165) is 22.1 Å². The first kappa shape index (κ1) is 11.7. The first-order valence-electron chi connectivity index (χ1n) is 6.45. The zero-order valence-electron chi connectivity index (χ0n) is 10.9. The lowest BCUT2D eigenvalue weighted by Gasteiger charge is -2.18. The third kappa shape index (κ3) is 1.69. The number of anilines is 1. The second-order valence-electron chi connectivity index (χ2n) is 4.79. The van der Waals surface area contributed by atoms with Crippen LogP contribution >= 0.6 is 0 Å². The molecule has 2 heterocycles. The van der Waals surface area contributed by atoms with Crippen LogP contribution in [0.1, 0.15) is 16.1 Å². The smallest absolute Gasteiger partial charge is 0.267 e. The highest BCUT2D eigenvalue weighted by Crippen LogP contribution is 2.36. The molecule has 1 aliphatic heterocycles. The summed E-state index contributed by atoms with van der Waals surface area (Å²) in [6.45, 7) is 0. The van der Waals surface area contributed by atoms with Crippen molar-refractivity contribution in [2.75, 3.05) is 5.32 Å². The number of aliphatic imine (C=N–C) groups is 1. The van der Waals surface area contributed by atoms with Gasteiger partial charge in [-0.25, -0.2) is 4.99 Å². The molecule has 0 unspecified atom stereocenters. The fraction of sp³-hybridized carbons (Fsp3) is 0. The molecule has 4 rings (SSSR count). The third-order valence-electron chi connectivity index (χ3n) is 3.51. The van der Waals surface area contributed by atoms with Gasteiger partial charge in [0, 0.05) is 11.1 Å². The van der Waals surface area contributed by atoms with Crippen LogP contribution < -0.4 is 11.1 Å². The minimum atomic E-state index is -0.566. The molecule has 0 radical (unpaired) electrons. The number of rotatable bonds is 2. The summed E-state index contributed by atoms with van der Waals surface area (Å²) in [4.78, 5) is 16.0. The Morgan fingerprint density at radius 1 is 1.14 bits per heavy atom. The van der Waals surface area contributed by atoms with E-state index in [4.69, 9.17) is 5.73 Å². The van der Waals surface area contributed by atoms with E-state index in [2.05, 4.69) is 20.5 Å². The van der Waals surface area contributed by atoms with Gasteiger partial charge in [-0.15, -0.1) is 0 Å². The Kier molecular flexibility index (Phi) is 2.32. The Morgan fingerprint density at radius 3 is 2.76 bits per heavy atom. The summed E-state index contributed by atoms with van der Waals surface area (Å²) in [6.07, 6.45) is 1.54. The molecule has 0 atom stereocenters. The number of amides is 1. The topological polar surface area (TPSA) is 96.2 Å². The Hall–Kier alpha value is -3.15. The minimum Gasteiger partial charge on any atom is -0.364 e. The van der Waals surface area contributed by atoms with E-state index in [0.29, 0.717) is 11.4 Å². The van der Waals surface area contributed by atoms with Crippen molar-refractivity contribution >= 4 is 33.9 Å². The molecule has 2 aromatic carbocycles. The quantitative estimate of drug-likeness (QED) is 0.669. The number of nitrogens with two attached hydrogens (primary N) is 1. The number of carbonyl (C=O) groups excluding carboxylic acids is 1. The molecule has 3 aromatic rings. The lowest BCUT2D eigenvalue weighted by molar-refractivity contribution is 0.0995. The monoisotopic (exact) mass is 277 g/mol. The molecule has 6 heteroatoms. The molecule has 1 amide bonds. The zero-order valence-corrected chi connectivity index (χ0v) is 10.9. The fourth-order valence-electron chi connectivity index (χ4n) is 2.58. The number of hydrogen-bond donors (Lipinski definition) is 3. The number of carbonyl (C=O) groups is 1. The van der Waals surface area contributed by atoms with Crippen LogP contribution in [0.4, 0.5) is 11.4 Å². The average Bonchev–Trinajstić information content (AvgIpc) is 2.97.